The number of aromatic carboxylic acids is 1. The van der Waals surface area contributed by atoms with Crippen molar-refractivity contribution in [1.29, 1.82) is 0 Å². The van der Waals surface area contributed by atoms with E-state index >= 15 is 0 Å². The molecule has 0 saturated heterocycles. The van der Waals surface area contributed by atoms with Gasteiger partial charge in [-0.05, 0) is 42.5 Å². The van der Waals surface area contributed by atoms with E-state index in [9.17, 15) is 9.59 Å². The number of carboxylic acid groups (broad SMARTS) is 1. The fourth-order valence-electron chi connectivity index (χ4n) is 1.74. The first kappa shape index (κ1) is 15.1. The average molecular weight is 350 g/mol. The standard InChI is InChI=1S/C15H12BrNO4/c1-21-13-7-6-11(16)8-12(13)17-14(18)9-2-4-10(5-3-9)15(19)20/h2-8H,1H3,(H,17,18)(H,19,20). The van der Waals surface area contributed by atoms with Crippen LogP contribution < -0.4 is 10.1 Å². The normalized spacial score (nSPS) is 10.0. The Bertz CT molecular complexity index is 683. The Morgan fingerprint density at radius 2 is 1.71 bits per heavy atom. The number of methoxy groups -OCH3 is 1. The molecule has 2 aromatic carbocycles. The van der Waals surface area contributed by atoms with Crippen molar-refractivity contribution in [2.75, 3.05) is 12.4 Å². The molecule has 2 aromatic rings. The maximum Gasteiger partial charge on any atom is 0.335 e. The third-order valence-electron chi connectivity index (χ3n) is 2.80. The Labute approximate surface area is 129 Å². The molecule has 5 nitrogen and oxygen atoms in total. The van der Waals surface area contributed by atoms with E-state index in [2.05, 4.69) is 21.2 Å². The molecule has 6 heteroatoms. The molecule has 0 bridgehead atoms. The Balaban J connectivity index is 2.21. The predicted octanol–water partition coefficient (Wildman–Crippen LogP) is 3.41. The molecule has 2 N–H and O–H groups in total. The zero-order chi connectivity index (χ0) is 15.4. The molecule has 0 aliphatic heterocycles. The van der Waals surface area contributed by atoms with Gasteiger partial charge in [-0.3, -0.25) is 4.79 Å². The minimum absolute atomic E-state index is 0.131. The topological polar surface area (TPSA) is 75.6 Å². The zero-order valence-corrected chi connectivity index (χ0v) is 12.7. The van der Waals surface area contributed by atoms with Crippen LogP contribution in [0.2, 0.25) is 0 Å². The van der Waals surface area contributed by atoms with Gasteiger partial charge in [0.2, 0.25) is 0 Å². The number of carbonyl (C=O) groups is 2. The van der Waals surface area contributed by atoms with Crippen molar-refractivity contribution in [3.8, 4) is 5.75 Å². The molecule has 0 atom stereocenters. The number of rotatable bonds is 4. The Hall–Kier alpha value is -2.34. The van der Waals surface area contributed by atoms with Gasteiger partial charge in [-0.2, -0.15) is 0 Å². The first-order chi connectivity index (χ1) is 10.0. The first-order valence-corrected chi connectivity index (χ1v) is 6.79. The Morgan fingerprint density at radius 3 is 2.29 bits per heavy atom. The van der Waals surface area contributed by atoms with Crippen LogP contribution in [-0.2, 0) is 0 Å². The van der Waals surface area contributed by atoms with Crippen LogP contribution in [0.5, 0.6) is 5.75 Å². The molecule has 1 amide bonds. The molecular weight excluding hydrogens is 338 g/mol. The summed E-state index contributed by atoms with van der Waals surface area (Å²) >= 11 is 3.33. The van der Waals surface area contributed by atoms with E-state index in [0.29, 0.717) is 17.0 Å². The molecule has 0 spiro atoms. The Kier molecular flexibility index (Phi) is 4.59. The fourth-order valence-corrected chi connectivity index (χ4v) is 2.10. The molecule has 0 unspecified atom stereocenters. The van der Waals surface area contributed by atoms with Gasteiger partial charge in [-0.1, -0.05) is 15.9 Å². The van der Waals surface area contributed by atoms with Crippen molar-refractivity contribution in [3.05, 3.63) is 58.1 Å². The van der Waals surface area contributed by atoms with E-state index in [1.807, 2.05) is 0 Å². The highest BCUT2D eigenvalue weighted by Crippen LogP contribution is 2.28. The number of benzene rings is 2. The molecule has 108 valence electrons. The molecule has 21 heavy (non-hydrogen) atoms. The van der Waals surface area contributed by atoms with Gasteiger partial charge in [0.1, 0.15) is 5.75 Å². The van der Waals surface area contributed by atoms with Gasteiger partial charge >= 0.3 is 5.97 Å². The number of ether oxygens (including phenoxy) is 1. The second-order valence-corrected chi connectivity index (χ2v) is 5.10. The quantitative estimate of drug-likeness (QED) is 0.886. The van der Waals surface area contributed by atoms with Crippen LogP contribution in [0, 0.1) is 0 Å². The van der Waals surface area contributed by atoms with Crippen molar-refractivity contribution in [3.63, 3.8) is 0 Å². The minimum Gasteiger partial charge on any atom is -0.495 e. The predicted molar refractivity (Wildman–Crippen MR) is 82.0 cm³/mol. The SMILES string of the molecule is COc1ccc(Br)cc1NC(=O)c1ccc(C(=O)O)cc1. The summed E-state index contributed by atoms with van der Waals surface area (Å²) in [6.45, 7) is 0. The summed E-state index contributed by atoms with van der Waals surface area (Å²) in [5.74, 6) is -0.840. The summed E-state index contributed by atoms with van der Waals surface area (Å²) in [5, 5.41) is 11.6. The van der Waals surface area contributed by atoms with Crippen LogP contribution in [0.25, 0.3) is 0 Å². The monoisotopic (exact) mass is 349 g/mol. The molecule has 0 saturated carbocycles. The number of amides is 1. The van der Waals surface area contributed by atoms with E-state index in [1.54, 1.807) is 18.2 Å². The summed E-state index contributed by atoms with van der Waals surface area (Å²) in [6.07, 6.45) is 0. The molecule has 0 radical (unpaired) electrons. The van der Waals surface area contributed by atoms with Gasteiger partial charge in [0.15, 0.2) is 0 Å². The molecular formula is C15H12BrNO4. The smallest absolute Gasteiger partial charge is 0.335 e. The zero-order valence-electron chi connectivity index (χ0n) is 11.1. The van der Waals surface area contributed by atoms with E-state index < -0.39 is 5.97 Å². The molecule has 2 rings (SSSR count). The van der Waals surface area contributed by atoms with Crippen molar-refractivity contribution in [1.82, 2.24) is 0 Å². The van der Waals surface area contributed by atoms with Crippen LogP contribution in [0.3, 0.4) is 0 Å². The summed E-state index contributed by atoms with van der Waals surface area (Å²) in [4.78, 5) is 22.9. The van der Waals surface area contributed by atoms with Crippen LogP contribution in [0.1, 0.15) is 20.7 Å². The lowest BCUT2D eigenvalue weighted by Gasteiger charge is -2.10. The van der Waals surface area contributed by atoms with E-state index in [1.165, 1.54) is 31.4 Å². The number of hydrogen-bond acceptors (Lipinski definition) is 3. The van der Waals surface area contributed by atoms with Gasteiger partial charge < -0.3 is 15.2 Å². The Morgan fingerprint density at radius 1 is 1.10 bits per heavy atom. The molecule has 0 aliphatic carbocycles. The summed E-state index contributed by atoms with van der Waals surface area (Å²) in [7, 11) is 1.51. The lowest BCUT2D eigenvalue weighted by Crippen LogP contribution is -2.13. The van der Waals surface area contributed by atoms with E-state index in [0.717, 1.165) is 4.47 Å². The minimum atomic E-state index is -1.03. The fraction of sp³-hybridized carbons (Fsp3) is 0.0667. The van der Waals surface area contributed by atoms with Crippen molar-refractivity contribution in [2.24, 2.45) is 0 Å². The molecule has 0 heterocycles. The maximum atomic E-state index is 12.1. The summed E-state index contributed by atoms with van der Waals surface area (Å²) in [6, 6.07) is 10.9. The van der Waals surface area contributed by atoms with Gasteiger partial charge in [0, 0.05) is 10.0 Å². The summed E-state index contributed by atoms with van der Waals surface area (Å²) in [5.41, 5.74) is 1.02. The van der Waals surface area contributed by atoms with Crippen molar-refractivity contribution < 1.29 is 19.4 Å². The highest BCUT2D eigenvalue weighted by atomic mass is 79.9. The molecule has 0 fully saturated rings. The second-order valence-electron chi connectivity index (χ2n) is 4.18. The lowest BCUT2D eigenvalue weighted by molar-refractivity contribution is 0.0696. The molecule has 0 aromatic heterocycles. The van der Waals surface area contributed by atoms with Crippen LogP contribution in [-0.4, -0.2) is 24.1 Å². The largest absolute Gasteiger partial charge is 0.495 e. The van der Waals surface area contributed by atoms with E-state index in [4.69, 9.17) is 9.84 Å². The van der Waals surface area contributed by atoms with Crippen molar-refractivity contribution in [2.45, 2.75) is 0 Å². The summed E-state index contributed by atoms with van der Waals surface area (Å²) < 4.78 is 5.98. The lowest BCUT2D eigenvalue weighted by atomic mass is 10.1. The van der Waals surface area contributed by atoms with Gasteiger partial charge in [0.25, 0.3) is 5.91 Å². The number of nitrogens with one attached hydrogen (secondary N) is 1. The third-order valence-corrected chi connectivity index (χ3v) is 3.30. The van der Waals surface area contributed by atoms with Crippen LogP contribution >= 0.6 is 15.9 Å². The molecule has 0 aliphatic rings. The highest BCUT2D eigenvalue weighted by molar-refractivity contribution is 9.10. The number of halogens is 1. The highest BCUT2D eigenvalue weighted by Gasteiger charge is 2.11. The maximum absolute atomic E-state index is 12.1. The second kappa shape index (κ2) is 6.41. The van der Waals surface area contributed by atoms with Gasteiger partial charge in [-0.15, -0.1) is 0 Å². The van der Waals surface area contributed by atoms with Crippen LogP contribution in [0.4, 0.5) is 5.69 Å². The number of hydrogen-bond donors (Lipinski definition) is 2. The number of anilines is 1. The van der Waals surface area contributed by atoms with Crippen molar-refractivity contribution >= 4 is 33.5 Å². The average Bonchev–Trinajstić information content (AvgIpc) is 2.47. The van der Waals surface area contributed by atoms with Gasteiger partial charge in [0.05, 0.1) is 18.4 Å². The third kappa shape index (κ3) is 3.61. The number of carboxylic acids is 1. The van der Waals surface area contributed by atoms with Crippen LogP contribution in [0.15, 0.2) is 46.9 Å². The first-order valence-electron chi connectivity index (χ1n) is 5.99. The van der Waals surface area contributed by atoms with Gasteiger partial charge in [-0.25, -0.2) is 4.79 Å². The number of carbonyl (C=O) groups excluding carboxylic acids is 1. The van der Waals surface area contributed by atoms with E-state index in [-0.39, 0.29) is 11.5 Å².